The lowest BCUT2D eigenvalue weighted by molar-refractivity contribution is -0.131. The van der Waals surface area contributed by atoms with Crippen LogP contribution in [0.3, 0.4) is 0 Å². The Labute approximate surface area is 201 Å². The molecule has 2 heterocycles. The Kier molecular flexibility index (Phi) is 9.48. The lowest BCUT2D eigenvalue weighted by atomic mass is 9.87. The van der Waals surface area contributed by atoms with Gasteiger partial charge in [0.2, 0.25) is 5.91 Å². The number of hydrogen-bond donors (Lipinski definition) is 0. The Morgan fingerprint density at radius 1 is 0.970 bits per heavy atom. The van der Waals surface area contributed by atoms with E-state index in [4.69, 9.17) is 4.74 Å². The molecule has 1 aromatic heterocycles. The molecular formula is C25H33ClN4O3. The van der Waals surface area contributed by atoms with E-state index in [1.165, 1.54) is 38.4 Å². The minimum absolute atomic E-state index is 0. The van der Waals surface area contributed by atoms with Gasteiger partial charge >= 0.3 is 0 Å². The van der Waals surface area contributed by atoms with Crippen molar-refractivity contribution in [3.63, 3.8) is 0 Å². The average molecular weight is 473 g/mol. The van der Waals surface area contributed by atoms with Crippen LogP contribution in [0.4, 0.5) is 0 Å². The van der Waals surface area contributed by atoms with Crippen molar-refractivity contribution in [3.05, 3.63) is 54.1 Å². The average Bonchev–Trinajstić information content (AvgIpc) is 2.85. The van der Waals surface area contributed by atoms with Crippen molar-refractivity contribution < 1.29 is 14.3 Å². The van der Waals surface area contributed by atoms with Gasteiger partial charge in [-0.25, -0.2) is 9.97 Å². The van der Waals surface area contributed by atoms with Crippen molar-refractivity contribution in [2.75, 3.05) is 32.8 Å². The van der Waals surface area contributed by atoms with E-state index >= 15 is 0 Å². The van der Waals surface area contributed by atoms with Crippen LogP contribution < -0.4 is 4.74 Å². The van der Waals surface area contributed by atoms with Gasteiger partial charge in [-0.2, -0.15) is 0 Å². The van der Waals surface area contributed by atoms with Gasteiger partial charge in [-0.1, -0.05) is 38.2 Å². The van der Waals surface area contributed by atoms with Crippen LogP contribution in [-0.4, -0.2) is 64.4 Å². The van der Waals surface area contributed by atoms with Gasteiger partial charge in [0.25, 0.3) is 5.91 Å². The highest BCUT2D eigenvalue weighted by atomic mass is 35.5. The fourth-order valence-corrected chi connectivity index (χ4v) is 4.59. The Hall–Kier alpha value is -2.67. The Morgan fingerprint density at radius 2 is 1.67 bits per heavy atom. The van der Waals surface area contributed by atoms with Gasteiger partial charge in [0.1, 0.15) is 12.1 Å². The maximum absolute atomic E-state index is 13.0. The third kappa shape index (κ3) is 7.16. The summed E-state index contributed by atoms with van der Waals surface area (Å²) in [6.07, 6.45) is 12.8. The van der Waals surface area contributed by atoms with Crippen LogP contribution in [0.1, 0.15) is 54.4 Å². The molecule has 0 unspecified atom stereocenters. The lowest BCUT2D eigenvalue weighted by Gasteiger charge is -2.35. The van der Waals surface area contributed by atoms with Gasteiger partial charge < -0.3 is 14.5 Å². The largest absolute Gasteiger partial charge is 0.494 e. The molecule has 1 aromatic carbocycles. The molecule has 2 amide bonds. The highest BCUT2D eigenvalue weighted by Gasteiger charge is 2.25. The van der Waals surface area contributed by atoms with Gasteiger partial charge in [-0.3, -0.25) is 9.59 Å². The Morgan fingerprint density at radius 3 is 2.39 bits per heavy atom. The topological polar surface area (TPSA) is 75.6 Å². The molecule has 0 spiro atoms. The molecule has 0 atom stereocenters. The molecule has 0 radical (unpaired) electrons. The van der Waals surface area contributed by atoms with E-state index < -0.39 is 0 Å². The van der Waals surface area contributed by atoms with E-state index in [0.29, 0.717) is 38.3 Å². The van der Waals surface area contributed by atoms with Crippen LogP contribution in [0.15, 0.2) is 43.0 Å². The quantitative estimate of drug-likeness (QED) is 0.613. The Balaban J connectivity index is 0.00000306. The second-order valence-electron chi connectivity index (χ2n) is 8.77. The van der Waals surface area contributed by atoms with Crippen LogP contribution in [0.2, 0.25) is 0 Å². The lowest BCUT2D eigenvalue weighted by Crippen LogP contribution is -2.51. The molecule has 7 nitrogen and oxygen atoms in total. The van der Waals surface area contributed by atoms with Gasteiger partial charge in [0.15, 0.2) is 0 Å². The molecule has 178 valence electrons. The van der Waals surface area contributed by atoms with Crippen molar-refractivity contribution in [3.8, 4) is 5.75 Å². The summed E-state index contributed by atoms with van der Waals surface area (Å²) in [7, 11) is 0. The molecule has 1 aliphatic carbocycles. The van der Waals surface area contributed by atoms with E-state index in [2.05, 4.69) is 9.97 Å². The van der Waals surface area contributed by atoms with E-state index in [-0.39, 0.29) is 30.6 Å². The fourth-order valence-electron chi connectivity index (χ4n) is 4.59. The summed E-state index contributed by atoms with van der Waals surface area (Å²) in [5, 5.41) is 0. The van der Waals surface area contributed by atoms with E-state index in [9.17, 15) is 9.59 Å². The summed E-state index contributed by atoms with van der Waals surface area (Å²) in [4.78, 5) is 37.0. The molecule has 2 aliphatic rings. The van der Waals surface area contributed by atoms with Crippen LogP contribution >= 0.6 is 12.4 Å². The van der Waals surface area contributed by atoms with Crippen LogP contribution in [0.5, 0.6) is 5.75 Å². The predicted octanol–water partition coefficient (Wildman–Crippen LogP) is 3.77. The van der Waals surface area contributed by atoms with Crippen molar-refractivity contribution >= 4 is 24.2 Å². The normalized spacial score (nSPS) is 16.7. The maximum Gasteiger partial charge on any atom is 0.254 e. The molecule has 1 saturated heterocycles. The summed E-state index contributed by atoms with van der Waals surface area (Å²) in [5.74, 6) is 1.57. The number of ether oxygens (including phenoxy) is 1. The van der Waals surface area contributed by atoms with Crippen molar-refractivity contribution in [1.82, 2.24) is 19.8 Å². The summed E-state index contributed by atoms with van der Waals surface area (Å²) >= 11 is 0. The zero-order valence-electron chi connectivity index (χ0n) is 19.0. The standard InChI is InChI=1S/C25H32N4O3.ClH/c30-24(15-21-17-26-19-27-18-21)28-10-12-29(13-11-28)25(31)22-7-4-8-23(16-22)32-14-9-20-5-2-1-3-6-20;/h4,7-8,16-20H,1-3,5-6,9-15H2;1H. The first-order valence-corrected chi connectivity index (χ1v) is 11.7. The van der Waals surface area contributed by atoms with Crippen LogP contribution in [0.25, 0.3) is 0 Å². The molecule has 1 aliphatic heterocycles. The zero-order valence-corrected chi connectivity index (χ0v) is 19.8. The molecule has 8 heteroatoms. The number of aromatic nitrogens is 2. The minimum atomic E-state index is -0.00807. The number of nitrogens with zero attached hydrogens (tertiary/aromatic N) is 4. The molecule has 33 heavy (non-hydrogen) atoms. The molecule has 0 bridgehead atoms. The number of amides is 2. The van der Waals surface area contributed by atoms with E-state index in [1.54, 1.807) is 12.4 Å². The summed E-state index contributed by atoms with van der Waals surface area (Å²) in [6.45, 7) is 2.84. The second-order valence-corrected chi connectivity index (χ2v) is 8.77. The highest BCUT2D eigenvalue weighted by Crippen LogP contribution is 2.26. The number of piperazine rings is 1. The van der Waals surface area contributed by atoms with Gasteiger partial charge in [0.05, 0.1) is 13.0 Å². The number of rotatable bonds is 7. The monoisotopic (exact) mass is 472 g/mol. The summed E-state index contributed by atoms with van der Waals surface area (Å²) in [5.41, 5.74) is 1.44. The predicted molar refractivity (Wildman–Crippen MR) is 129 cm³/mol. The Bertz CT molecular complexity index is 898. The number of benzene rings is 1. The molecular weight excluding hydrogens is 440 g/mol. The van der Waals surface area contributed by atoms with Crippen LogP contribution in [-0.2, 0) is 11.2 Å². The first kappa shape index (κ1) is 25.0. The van der Waals surface area contributed by atoms with Gasteiger partial charge in [-0.15, -0.1) is 12.4 Å². The maximum atomic E-state index is 13.0. The van der Waals surface area contributed by atoms with Gasteiger partial charge in [-0.05, 0) is 36.1 Å². The smallest absolute Gasteiger partial charge is 0.254 e. The number of carbonyl (C=O) groups is 2. The molecule has 4 rings (SSSR count). The van der Waals surface area contributed by atoms with E-state index in [0.717, 1.165) is 23.7 Å². The SMILES string of the molecule is Cl.O=C(Cc1cncnc1)N1CCN(C(=O)c2cccc(OCCC3CCCCC3)c2)CC1. The number of carbonyl (C=O) groups excluding carboxylic acids is 2. The van der Waals surface area contributed by atoms with E-state index in [1.807, 2.05) is 34.1 Å². The second kappa shape index (κ2) is 12.5. The minimum Gasteiger partial charge on any atom is -0.494 e. The molecule has 1 saturated carbocycles. The zero-order chi connectivity index (χ0) is 22.2. The third-order valence-corrected chi connectivity index (χ3v) is 6.49. The molecule has 2 aromatic rings. The third-order valence-electron chi connectivity index (χ3n) is 6.49. The highest BCUT2D eigenvalue weighted by molar-refractivity contribution is 5.94. The van der Waals surface area contributed by atoms with Crippen molar-refractivity contribution in [2.24, 2.45) is 5.92 Å². The molecule has 2 fully saturated rings. The van der Waals surface area contributed by atoms with Crippen LogP contribution in [0, 0.1) is 5.92 Å². The number of halogens is 1. The summed E-state index contributed by atoms with van der Waals surface area (Å²) in [6, 6.07) is 7.48. The summed E-state index contributed by atoms with van der Waals surface area (Å²) < 4.78 is 5.96. The van der Waals surface area contributed by atoms with Crippen molar-refractivity contribution in [2.45, 2.75) is 44.9 Å². The first-order valence-electron chi connectivity index (χ1n) is 11.7. The number of hydrogen-bond acceptors (Lipinski definition) is 5. The molecule has 0 N–H and O–H groups in total. The fraction of sp³-hybridized carbons (Fsp3) is 0.520. The first-order chi connectivity index (χ1) is 15.7. The van der Waals surface area contributed by atoms with Crippen molar-refractivity contribution in [1.29, 1.82) is 0 Å². The van der Waals surface area contributed by atoms with Gasteiger partial charge in [0, 0.05) is 44.1 Å².